The van der Waals surface area contributed by atoms with E-state index in [0.29, 0.717) is 28.2 Å². The van der Waals surface area contributed by atoms with Crippen molar-refractivity contribution < 1.29 is 6.22 Å². The van der Waals surface area contributed by atoms with Gasteiger partial charge in [-0.3, -0.25) is 14.6 Å². The van der Waals surface area contributed by atoms with Gasteiger partial charge in [-0.1, -0.05) is 63.4 Å². The Hall–Kier alpha value is -2.16. The molecule has 2 aliphatic heterocycles. The minimum absolute atomic E-state index is 0. The number of piperazine rings is 1. The number of halogens is 3. The lowest BCUT2D eigenvalue weighted by atomic mass is 10.0. The zero-order chi connectivity index (χ0) is 26.5. The number of aromatic nitrogens is 1. The van der Waals surface area contributed by atoms with Crippen molar-refractivity contribution in [2.75, 3.05) is 44.2 Å². The first-order chi connectivity index (χ1) is 18.4. The van der Waals surface area contributed by atoms with E-state index in [1.165, 1.54) is 18.4 Å². The number of nitrogens with one attached hydrogen (secondary N) is 1. The number of hydrogen-bond acceptors (Lipinski definition) is 5. The number of benzene rings is 2. The molecule has 2 fully saturated rings. The molecule has 202 valence electrons. The first kappa shape index (κ1) is 27.4. The molecule has 0 atom stereocenters. The van der Waals surface area contributed by atoms with Crippen LogP contribution in [0.3, 0.4) is 0 Å². The first-order valence-corrected chi connectivity index (χ1v) is 14.6. The Labute approximate surface area is 244 Å². The second-order valence-electron chi connectivity index (χ2n) is 10.00. The molecule has 1 N–H and O–H groups in total. The van der Waals surface area contributed by atoms with Crippen molar-refractivity contribution in [3.63, 3.8) is 0 Å². The maximum absolute atomic E-state index is 12.6. The quantitative estimate of drug-likeness (QED) is 0.346. The smallest absolute Gasteiger partial charge is 0.253 e. The van der Waals surface area contributed by atoms with E-state index < -0.39 is 0 Å². The van der Waals surface area contributed by atoms with Crippen LogP contribution in [0, 0.1) is 0 Å². The predicted octanol–water partition coefficient (Wildman–Crippen LogP) is 6.11. The Morgan fingerprint density at radius 1 is 0.974 bits per heavy atom. The van der Waals surface area contributed by atoms with Crippen LogP contribution >= 0.6 is 39.1 Å². The molecule has 1 amide bonds. The predicted molar refractivity (Wildman–Crippen MR) is 160 cm³/mol. The second-order valence-corrected chi connectivity index (χ2v) is 11.8. The molecular formula is C29H34BrCl2N5O. The fourth-order valence-corrected chi connectivity index (χ4v) is 6.07. The summed E-state index contributed by atoms with van der Waals surface area (Å²) in [4.78, 5) is 24.6. The summed E-state index contributed by atoms with van der Waals surface area (Å²) >= 11 is 16.1. The Morgan fingerprint density at radius 3 is 2.39 bits per heavy atom. The van der Waals surface area contributed by atoms with Gasteiger partial charge in [0.25, 0.3) is 5.91 Å². The van der Waals surface area contributed by atoms with E-state index in [9.17, 15) is 4.79 Å². The summed E-state index contributed by atoms with van der Waals surface area (Å²) in [5.74, 6) is 0.546. The van der Waals surface area contributed by atoms with Crippen LogP contribution in [0.25, 0.3) is 0 Å². The lowest BCUT2D eigenvalue weighted by molar-refractivity contribution is 0.0950. The third-order valence-corrected chi connectivity index (χ3v) is 8.47. The number of carbonyl (C=O) groups excluding carboxylic acids is 1. The van der Waals surface area contributed by atoms with Crippen molar-refractivity contribution in [3.05, 3.63) is 92.0 Å². The Balaban J connectivity index is 0.00000353. The van der Waals surface area contributed by atoms with Gasteiger partial charge in [-0.2, -0.15) is 0 Å². The Bertz CT molecular complexity index is 1250. The summed E-state index contributed by atoms with van der Waals surface area (Å²) in [7, 11) is 0. The molecule has 3 aromatic rings. The van der Waals surface area contributed by atoms with E-state index in [4.69, 9.17) is 23.2 Å². The number of amides is 1. The molecule has 38 heavy (non-hydrogen) atoms. The molecule has 5 rings (SSSR count). The first-order valence-electron chi connectivity index (χ1n) is 13.1. The van der Waals surface area contributed by atoms with Gasteiger partial charge < -0.3 is 10.2 Å². The SMILES string of the molecule is O=C(NCc1cccc(Cl)c1)c1cnc(N2CCN(C3CCN(Cc4ccc(Br)cc4)CC3)CC2)c(Cl)c1.[HH]. The number of pyridine rings is 1. The van der Waals surface area contributed by atoms with Gasteiger partial charge in [0.1, 0.15) is 5.82 Å². The van der Waals surface area contributed by atoms with Crippen molar-refractivity contribution in [1.82, 2.24) is 20.1 Å². The van der Waals surface area contributed by atoms with Crippen molar-refractivity contribution in [2.45, 2.75) is 32.0 Å². The van der Waals surface area contributed by atoms with Crippen LogP contribution < -0.4 is 10.2 Å². The van der Waals surface area contributed by atoms with E-state index in [1.54, 1.807) is 12.3 Å². The average molecular weight is 619 g/mol. The monoisotopic (exact) mass is 617 g/mol. The number of rotatable bonds is 7. The molecule has 2 aromatic carbocycles. The highest BCUT2D eigenvalue weighted by atomic mass is 79.9. The number of anilines is 1. The average Bonchev–Trinajstić information content (AvgIpc) is 2.93. The van der Waals surface area contributed by atoms with Crippen LogP contribution in [-0.4, -0.2) is 66.0 Å². The summed E-state index contributed by atoms with van der Waals surface area (Å²) in [5.41, 5.74) is 2.76. The van der Waals surface area contributed by atoms with Crippen LogP contribution in [0.15, 0.2) is 65.3 Å². The second kappa shape index (κ2) is 12.8. The van der Waals surface area contributed by atoms with Crippen LogP contribution in [0.5, 0.6) is 0 Å². The number of likely N-dealkylation sites (tertiary alicyclic amines) is 1. The molecule has 0 aliphatic carbocycles. The number of nitrogens with zero attached hydrogens (tertiary/aromatic N) is 4. The van der Waals surface area contributed by atoms with Gasteiger partial charge in [-0.15, -0.1) is 0 Å². The summed E-state index contributed by atoms with van der Waals surface area (Å²) in [6, 6.07) is 18.4. The van der Waals surface area contributed by atoms with E-state index in [1.807, 2.05) is 24.3 Å². The minimum Gasteiger partial charge on any atom is -0.353 e. The zero-order valence-electron chi connectivity index (χ0n) is 21.3. The lowest BCUT2D eigenvalue weighted by Gasteiger charge is -2.43. The third-order valence-electron chi connectivity index (χ3n) is 7.43. The van der Waals surface area contributed by atoms with Gasteiger partial charge in [0, 0.05) is 62.4 Å². The fourth-order valence-electron chi connectivity index (χ4n) is 5.31. The van der Waals surface area contributed by atoms with Crippen LogP contribution in [0.4, 0.5) is 5.82 Å². The molecule has 0 spiro atoms. The minimum atomic E-state index is -0.206. The normalized spacial score (nSPS) is 17.5. The molecule has 0 unspecified atom stereocenters. The molecule has 0 bridgehead atoms. The summed E-state index contributed by atoms with van der Waals surface area (Å²) in [6.07, 6.45) is 4.02. The topological polar surface area (TPSA) is 51.7 Å². The van der Waals surface area contributed by atoms with E-state index in [2.05, 4.69) is 65.2 Å². The van der Waals surface area contributed by atoms with Gasteiger partial charge in [0.2, 0.25) is 0 Å². The zero-order valence-corrected chi connectivity index (χ0v) is 24.4. The highest BCUT2D eigenvalue weighted by molar-refractivity contribution is 9.10. The van der Waals surface area contributed by atoms with Crippen molar-refractivity contribution in [1.29, 1.82) is 0 Å². The summed E-state index contributed by atoms with van der Waals surface area (Å²) < 4.78 is 1.13. The maximum Gasteiger partial charge on any atom is 0.253 e. The summed E-state index contributed by atoms with van der Waals surface area (Å²) in [6.45, 7) is 7.44. The summed E-state index contributed by atoms with van der Waals surface area (Å²) in [5, 5.41) is 4.06. The van der Waals surface area contributed by atoms with Crippen molar-refractivity contribution in [2.24, 2.45) is 0 Å². The molecule has 1 aromatic heterocycles. The van der Waals surface area contributed by atoms with Crippen LogP contribution in [0.2, 0.25) is 10.0 Å². The lowest BCUT2D eigenvalue weighted by Crippen LogP contribution is -2.53. The molecule has 2 saturated heterocycles. The van der Waals surface area contributed by atoms with Gasteiger partial charge in [0.05, 0.1) is 10.6 Å². The van der Waals surface area contributed by atoms with Crippen LogP contribution in [0.1, 0.15) is 35.8 Å². The van der Waals surface area contributed by atoms with Crippen molar-refractivity contribution >= 4 is 50.9 Å². The number of hydrogen-bond donors (Lipinski definition) is 1. The number of carbonyl (C=O) groups is 1. The molecular weight excluding hydrogens is 585 g/mol. The number of piperidine rings is 1. The van der Waals surface area contributed by atoms with Crippen molar-refractivity contribution in [3.8, 4) is 0 Å². The van der Waals surface area contributed by atoms with Gasteiger partial charge in [-0.25, -0.2) is 4.98 Å². The highest BCUT2D eigenvalue weighted by Gasteiger charge is 2.28. The maximum atomic E-state index is 12.6. The van der Waals surface area contributed by atoms with E-state index >= 15 is 0 Å². The van der Waals surface area contributed by atoms with Gasteiger partial charge >= 0.3 is 0 Å². The fraction of sp³-hybridized carbons (Fsp3) is 0.379. The van der Waals surface area contributed by atoms with Crippen LogP contribution in [-0.2, 0) is 13.1 Å². The highest BCUT2D eigenvalue weighted by Crippen LogP contribution is 2.27. The molecule has 3 heterocycles. The third kappa shape index (κ3) is 7.07. The molecule has 9 heteroatoms. The molecule has 0 radical (unpaired) electrons. The van der Waals surface area contributed by atoms with E-state index in [-0.39, 0.29) is 7.33 Å². The molecule has 2 aliphatic rings. The molecule has 0 saturated carbocycles. The van der Waals surface area contributed by atoms with E-state index in [0.717, 1.165) is 61.7 Å². The Kier molecular flexibility index (Phi) is 9.23. The largest absolute Gasteiger partial charge is 0.353 e. The van der Waals surface area contributed by atoms with Gasteiger partial charge in [0.15, 0.2) is 0 Å². The molecule has 6 nitrogen and oxygen atoms in total. The Morgan fingerprint density at radius 2 is 1.71 bits per heavy atom. The standard InChI is InChI=1S/C29H32BrCl2N5O.H2/c30-24-6-4-21(5-7-24)20-35-10-8-26(9-11-35)36-12-14-37(15-13-36)28-27(32)17-23(19-33-28)29(38)34-18-22-2-1-3-25(31)16-22;/h1-7,16-17,19,26H,8-15,18,20H2,(H,34,38);1H. The van der Waals surface area contributed by atoms with Gasteiger partial charge in [-0.05, 0) is 67.4 Å².